The van der Waals surface area contributed by atoms with Gasteiger partial charge in [-0.25, -0.2) is 0 Å². The van der Waals surface area contributed by atoms with Gasteiger partial charge in [-0.1, -0.05) is 65.7 Å². The highest BCUT2D eigenvalue weighted by Gasteiger charge is 2.55. The van der Waals surface area contributed by atoms with Gasteiger partial charge in [-0.05, 0) is 48.0 Å². The molecule has 0 aromatic heterocycles. The van der Waals surface area contributed by atoms with E-state index in [-0.39, 0.29) is 6.10 Å². The molecule has 0 aromatic rings. The Labute approximate surface area is 167 Å². The minimum Gasteiger partial charge on any atom is -0.382 e. The quantitative estimate of drug-likeness (QED) is 0.308. The maximum Gasteiger partial charge on any atom is 0.147 e. The van der Waals surface area contributed by atoms with Crippen LogP contribution in [0.1, 0.15) is 66.2 Å². The highest BCUT2D eigenvalue weighted by atomic mass is 16.7. The Kier molecular flexibility index (Phi) is 9.04. The summed E-state index contributed by atoms with van der Waals surface area (Å²) in [6.45, 7) is 15.3. The van der Waals surface area contributed by atoms with Crippen molar-refractivity contribution >= 4 is 0 Å². The van der Waals surface area contributed by atoms with Crippen molar-refractivity contribution in [3.05, 3.63) is 24.3 Å². The molecule has 0 bridgehead atoms. The van der Waals surface area contributed by atoms with Crippen LogP contribution >= 0.6 is 0 Å². The summed E-state index contributed by atoms with van der Waals surface area (Å²) in [4.78, 5) is 0. The van der Waals surface area contributed by atoms with Gasteiger partial charge in [-0.15, -0.1) is 0 Å². The molecule has 2 aliphatic carbocycles. The minimum absolute atomic E-state index is 0.236. The molecule has 2 aliphatic rings. The summed E-state index contributed by atoms with van der Waals surface area (Å²) < 4.78 is 16.9. The molecule has 0 unspecified atom stereocenters. The highest BCUT2D eigenvalue weighted by molar-refractivity contribution is 5.29. The molecule has 1 saturated carbocycles. The lowest BCUT2D eigenvalue weighted by Gasteiger charge is -2.43. The van der Waals surface area contributed by atoms with Gasteiger partial charge in [0, 0.05) is 13.0 Å². The third-order valence-corrected chi connectivity index (χ3v) is 7.00. The molecule has 2 rings (SSSR count). The topological polar surface area (TPSA) is 27.7 Å². The Balaban J connectivity index is 2.05. The molecule has 0 amide bonds. The van der Waals surface area contributed by atoms with Crippen LogP contribution < -0.4 is 0 Å². The molecular weight excluding hydrogens is 336 g/mol. The van der Waals surface area contributed by atoms with Crippen LogP contribution in [0.3, 0.4) is 0 Å². The van der Waals surface area contributed by atoms with E-state index in [9.17, 15) is 0 Å². The zero-order valence-corrected chi connectivity index (χ0v) is 18.3. The standard InChI is InChI=1S/C24H42O3/c1-7-20-12-9-13-24(5)21(19(4)11-8-10-18(2)3)16-22(23(20)24)27-17-26-15-14-25-6/h7,12,18-19,21-23H,1,8-11,13-17H2,2-6H3/t19-,21-,22+,23-,24-/m1/s1. The minimum atomic E-state index is 0.236. The second-order valence-corrected chi connectivity index (χ2v) is 9.30. The lowest BCUT2D eigenvalue weighted by Crippen LogP contribution is -2.37. The van der Waals surface area contributed by atoms with Gasteiger partial charge < -0.3 is 14.2 Å². The van der Waals surface area contributed by atoms with E-state index < -0.39 is 0 Å². The molecule has 0 aliphatic heterocycles. The molecule has 156 valence electrons. The lowest BCUT2D eigenvalue weighted by atomic mass is 9.62. The predicted octanol–water partition coefficient (Wildman–Crippen LogP) is 6.00. The Morgan fingerprint density at radius 3 is 2.70 bits per heavy atom. The van der Waals surface area contributed by atoms with E-state index in [0.717, 1.165) is 18.3 Å². The number of hydrogen-bond acceptors (Lipinski definition) is 3. The van der Waals surface area contributed by atoms with E-state index in [1.807, 2.05) is 0 Å². The van der Waals surface area contributed by atoms with Crippen molar-refractivity contribution in [3.63, 3.8) is 0 Å². The fourth-order valence-corrected chi connectivity index (χ4v) is 5.57. The van der Waals surface area contributed by atoms with Gasteiger partial charge in [-0.3, -0.25) is 0 Å². The first-order valence-electron chi connectivity index (χ1n) is 10.9. The first kappa shape index (κ1) is 22.6. The van der Waals surface area contributed by atoms with Crippen LogP contribution in [0.5, 0.6) is 0 Å². The number of ether oxygens (including phenoxy) is 3. The Bertz CT molecular complexity index is 484. The number of rotatable bonds is 12. The molecule has 27 heavy (non-hydrogen) atoms. The van der Waals surface area contributed by atoms with Crippen molar-refractivity contribution in [2.24, 2.45) is 29.1 Å². The van der Waals surface area contributed by atoms with Crippen molar-refractivity contribution in [1.82, 2.24) is 0 Å². The Morgan fingerprint density at radius 2 is 2.04 bits per heavy atom. The summed E-state index contributed by atoms with van der Waals surface area (Å²) >= 11 is 0. The fraction of sp³-hybridized carbons (Fsp3) is 0.833. The van der Waals surface area contributed by atoms with Crippen molar-refractivity contribution in [3.8, 4) is 0 Å². The molecule has 0 N–H and O–H groups in total. The zero-order valence-electron chi connectivity index (χ0n) is 18.3. The largest absolute Gasteiger partial charge is 0.382 e. The SMILES string of the molecule is C=CC1=CCC[C@]2(C)[C@@H]([C@H](C)CCCC(C)C)C[C@H](OCOCCOC)[C@@H]12. The summed E-state index contributed by atoms with van der Waals surface area (Å²) in [7, 11) is 1.70. The predicted molar refractivity (Wildman–Crippen MR) is 113 cm³/mol. The highest BCUT2D eigenvalue weighted by Crippen LogP contribution is 2.59. The van der Waals surface area contributed by atoms with E-state index in [1.165, 1.54) is 37.7 Å². The van der Waals surface area contributed by atoms with Crippen molar-refractivity contribution in [1.29, 1.82) is 0 Å². The van der Waals surface area contributed by atoms with Gasteiger partial charge in [0.1, 0.15) is 6.79 Å². The Hall–Kier alpha value is -0.640. The first-order valence-corrected chi connectivity index (χ1v) is 10.9. The molecular formula is C24H42O3. The lowest BCUT2D eigenvalue weighted by molar-refractivity contribution is -0.108. The summed E-state index contributed by atoms with van der Waals surface area (Å²) in [5.74, 6) is 2.70. The maximum absolute atomic E-state index is 6.27. The van der Waals surface area contributed by atoms with Crippen LogP contribution in [-0.2, 0) is 14.2 Å². The van der Waals surface area contributed by atoms with Gasteiger partial charge in [0.25, 0.3) is 0 Å². The fourth-order valence-electron chi connectivity index (χ4n) is 5.57. The molecule has 0 heterocycles. The van der Waals surface area contributed by atoms with Crippen LogP contribution in [-0.4, -0.2) is 33.2 Å². The van der Waals surface area contributed by atoms with Crippen molar-refractivity contribution < 1.29 is 14.2 Å². The van der Waals surface area contributed by atoms with Crippen LogP contribution in [0.2, 0.25) is 0 Å². The second-order valence-electron chi connectivity index (χ2n) is 9.30. The van der Waals surface area contributed by atoms with E-state index in [2.05, 4.69) is 46.4 Å². The molecule has 0 spiro atoms. The molecule has 5 atom stereocenters. The summed E-state index contributed by atoms with van der Waals surface area (Å²) in [5, 5.41) is 0. The van der Waals surface area contributed by atoms with Crippen molar-refractivity contribution in [2.45, 2.75) is 72.3 Å². The average molecular weight is 379 g/mol. The third kappa shape index (κ3) is 5.68. The van der Waals surface area contributed by atoms with Gasteiger partial charge in [0.05, 0.1) is 19.3 Å². The van der Waals surface area contributed by atoms with Crippen LogP contribution in [0, 0.1) is 29.1 Å². The summed E-state index contributed by atoms with van der Waals surface area (Å²) in [5.41, 5.74) is 1.70. The molecule has 0 aromatic carbocycles. The van der Waals surface area contributed by atoms with E-state index >= 15 is 0 Å². The molecule has 3 heteroatoms. The van der Waals surface area contributed by atoms with Crippen molar-refractivity contribution in [2.75, 3.05) is 27.1 Å². The van der Waals surface area contributed by atoms with E-state index in [4.69, 9.17) is 14.2 Å². The third-order valence-electron chi connectivity index (χ3n) is 7.00. The zero-order chi connectivity index (χ0) is 19.9. The number of allylic oxidation sites excluding steroid dienone is 2. The smallest absolute Gasteiger partial charge is 0.147 e. The van der Waals surface area contributed by atoms with E-state index in [1.54, 1.807) is 7.11 Å². The number of methoxy groups -OCH3 is 1. The second kappa shape index (κ2) is 10.8. The summed E-state index contributed by atoms with van der Waals surface area (Å²) in [6, 6.07) is 0. The molecule has 0 saturated heterocycles. The van der Waals surface area contributed by atoms with Gasteiger partial charge in [0.2, 0.25) is 0 Å². The van der Waals surface area contributed by atoms with Gasteiger partial charge >= 0.3 is 0 Å². The maximum atomic E-state index is 6.27. The number of fused-ring (bicyclic) bond motifs is 1. The van der Waals surface area contributed by atoms with Gasteiger partial charge in [0.15, 0.2) is 0 Å². The van der Waals surface area contributed by atoms with Gasteiger partial charge in [-0.2, -0.15) is 0 Å². The molecule has 3 nitrogen and oxygen atoms in total. The van der Waals surface area contributed by atoms with Crippen LogP contribution in [0.15, 0.2) is 24.3 Å². The number of hydrogen-bond donors (Lipinski definition) is 0. The average Bonchev–Trinajstić information content (AvgIpc) is 2.93. The Morgan fingerprint density at radius 1 is 1.26 bits per heavy atom. The normalized spacial score (nSPS) is 31.6. The summed E-state index contributed by atoms with van der Waals surface area (Å²) in [6.07, 6.45) is 12.3. The monoisotopic (exact) mass is 378 g/mol. The molecule has 1 fully saturated rings. The first-order chi connectivity index (χ1) is 12.9. The molecule has 0 radical (unpaired) electrons. The van der Waals surface area contributed by atoms with Crippen LogP contribution in [0.25, 0.3) is 0 Å². The van der Waals surface area contributed by atoms with E-state index in [0.29, 0.717) is 37.3 Å². The van der Waals surface area contributed by atoms with Crippen LogP contribution in [0.4, 0.5) is 0 Å².